The molecule has 2 fully saturated rings. The maximum atomic E-state index is 12.9. The average Bonchev–Trinajstić information content (AvgIpc) is 3.35. The van der Waals surface area contributed by atoms with Crippen molar-refractivity contribution < 1.29 is 9.90 Å². The number of nitrogens with zero attached hydrogens (tertiary/aromatic N) is 5. The summed E-state index contributed by atoms with van der Waals surface area (Å²) in [6, 6.07) is 8.57. The minimum atomic E-state index is 0.104. The molecule has 8 nitrogen and oxygen atoms in total. The van der Waals surface area contributed by atoms with Crippen LogP contribution in [0.15, 0.2) is 36.7 Å². The van der Waals surface area contributed by atoms with Gasteiger partial charge in [0.05, 0.1) is 18.3 Å². The minimum Gasteiger partial charge on any atom is -0.507 e. The van der Waals surface area contributed by atoms with E-state index in [1.807, 2.05) is 36.3 Å². The van der Waals surface area contributed by atoms with E-state index in [1.54, 1.807) is 16.9 Å². The van der Waals surface area contributed by atoms with Gasteiger partial charge in [-0.3, -0.25) is 14.4 Å². The third kappa shape index (κ3) is 3.26. The van der Waals surface area contributed by atoms with Crippen LogP contribution in [0.3, 0.4) is 0 Å². The van der Waals surface area contributed by atoms with Crippen LogP contribution < -0.4 is 10.2 Å². The van der Waals surface area contributed by atoms with E-state index in [9.17, 15) is 9.90 Å². The highest BCUT2D eigenvalue weighted by atomic mass is 16.3. The Hall–Kier alpha value is -3.26. The molecule has 2 N–H and O–H groups in total. The van der Waals surface area contributed by atoms with Crippen LogP contribution in [0.4, 0.5) is 5.82 Å². The van der Waals surface area contributed by atoms with Gasteiger partial charge >= 0.3 is 0 Å². The van der Waals surface area contributed by atoms with Gasteiger partial charge in [0.25, 0.3) is 0 Å². The second-order valence-electron chi connectivity index (χ2n) is 9.27. The maximum absolute atomic E-state index is 12.9. The minimum absolute atomic E-state index is 0.104. The Balaban J connectivity index is 1.29. The van der Waals surface area contributed by atoms with Crippen LogP contribution in [0.5, 0.6) is 5.75 Å². The molecule has 3 atom stereocenters. The van der Waals surface area contributed by atoms with E-state index in [0.29, 0.717) is 35.6 Å². The van der Waals surface area contributed by atoms with Gasteiger partial charge in [-0.25, -0.2) is 0 Å². The van der Waals surface area contributed by atoms with Gasteiger partial charge in [0.1, 0.15) is 5.75 Å². The Labute approximate surface area is 186 Å². The molecule has 2 aromatic heterocycles. The summed E-state index contributed by atoms with van der Waals surface area (Å²) in [5, 5.41) is 27.4. The van der Waals surface area contributed by atoms with Crippen molar-refractivity contribution in [2.45, 2.75) is 56.7 Å². The van der Waals surface area contributed by atoms with E-state index in [4.69, 9.17) is 0 Å². The van der Waals surface area contributed by atoms with Gasteiger partial charge in [-0.2, -0.15) is 5.10 Å². The lowest BCUT2D eigenvalue weighted by molar-refractivity contribution is -0.118. The SMILES string of the molecule is Cn1cc(-c2ccc(-c3cc4c(nn3)N([C@@H]3C[C@H]5CCC[C@@H](C3)N5)C(=O)C4)c(O)c2)cn1. The number of hydrogen-bond acceptors (Lipinski definition) is 6. The molecular formula is C24H26N6O2. The number of phenolic OH excluding ortho intramolecular Hbond substituents is 1. The highest BCUT2D eigenvalue weighted by molar-refractivity contribution is 6.01. The van der Waals surface area contributed by atoms with Crippen LogP contribution in [0.25, 0.3) is 22.4 Å². The predicted molar refractivity (Wildman–Crippen MR) is 120 cm³/mol. The Morgan fingerprint density at radius 2 is 1.91 bits per heavy atom. The number of aryl methyl sites for hydroxylation is 1. The largest absolute Gasteiger partial charge is 0.507 e. The van der Waals surface area contributed by atoms with Crippen LogP contribution in [0.1, 0.15) is 37.7 Å². The molecule has 32 heavy (non-hydrogen) atoms. The van der Waals surface area contributed by atoms with Crippen molar-refractivity contribution in [1.29, 1.82) is 0 Å². The topological polar surface area (TPSA) is 96.2 Å². The lowest BCUT2D eigenvalue weighted by atomic mass is 9.83. The molecule has 3 aliphatic heterocycles. The van der Waals surface area contributed by atoms with Crippen molar-refractivity contribution in [3.63, 3.8) is 0 Å². The number of aromatic nitrogens is 4. The first kappa shape index (κ1) is 19.4. The highest BCUT2D eigenvalue weighted by Gasteiger charge is 2.40. The number of aromatic hydroxyl groups is 1. The maximum Gasteiger partial charge on any atom is 0.233 e. The van der Waals surface area contributed by atoms with E-state index >= 15 is 0 Å². The van der Waals surface area contributed by atoms with Crippen molar-refractivity contribution in [3.8, 4) is 28.1 Å². The molecule has 0 saturated carbocycles. The molecule has 1 amide bonds. The average molecular weight is 431 g/mol. The van der Waals surface area contributed by atoms with Crippen LogP contribution in [0.2, 0.25) is 0 Å². The summed E-state index contributed by atoms with van der Waals surface area (Å²) in [7, 11) is 1.86. The molecule has 2 saturated heterocycles. The zero-order valence-corrected chi connectivity index (χ0v) is 18.0. The molecule has 1 aromatic carbocycles. The van der Waals surface area contributed by atoms with Crippen molar-refractivity contribution in [1.82, 2.24) is 25.3 Å². The molecule has 0 unspecified atom stereocenters. The van der Waals surface area contributed by atoms with Gasteiger partial charge in [0, 0.05) is 48.1 Å². The first-order valence-electron chi connectivity index (χ1n) is 11.3. The number of hydrogen-bond donors (Lipinski definition) is 2. The molecule has 6 rings (SSSR count). The van der Waals surface area contributed by atoms with E-state index in [-0.39, 0.29) is 17.7 Å². The summed E-state index contributed by atoms with van der Waals surface area (Å²) >= 11 is 0. The fraction of sp³-hybridized carbons (Fsp3) is 0.417. The Morgan fingerprint density at radius 3 is 2.62 bits per heavy atom. The first-order valence-corrected chi connectivity index (χ1v) is 11.3. The number of carbonyl (C=O) groups excluding carboxylic acids is 1. The summed E-state index contributed by atoms with van der Waals surface area (Å²) in [5.74, 6) is 0.927. The number of amides is 1. The quantitative estimate of drug-likeness (QED) is 0.663. The predicted octanol–water partition coefficient (Wildman–Crippen LogP) is 2.81. The van der Waals surface area contributed by atoms with E-state index in [2.05, 4.69) is 20.6 Å². The van der Waals surface area contributed by atoms with Gasteiger partial charge in [-0.05, 0) is 49.4 Å². The monoisotopic (exact) mass is 430 g/mol. The van der Waals surface area contributed by atoms with Gasteiger partial charge in [-0.15, -0.1) is 10.2 Å². The molecule has 0 radical (unpaired) electrons. The van der Waals surface area contributed by atoms with Crippen molar-refractivity contribution in [3.05, 3.63) is 42.2 Å². The lowest BCUT2D eigenvalue weighted by Gasteiger charge is -2.43. The summed E-state index contributed by atoms with van der Waals surface area (Å²) in [6.07, 6.45) is 9.58. The standard InChI is InChI=1S/C24H26N6O2/c1-29-13-16(12-25-29)14-5-6-20(22(31)8-14)21-7-15-9-23(32)30(24(15)28-27-21)19-10-17-3-2-4-18(11-19)26-17/h5-8,12-13,17-19,26,31H,2-4,9-11H2,1H3/t17-,18+,19-. The van der Waals surface area contributed by atoms with Crippen LogP contribution in [-0.2, 0) is 18.3 Å². The number of benzene rings is 1. The number of nitrogens with one attached hydrogen (secondary N) is 1. The van der Waals surface area contributed by atoms with Crippen LogP contribution in [-0.4, -0.2) is 49.1 Å². The van der Waals surface area contributed by atoms with E-state index in [1.165, 1.54) is 19.3 Å². The van der Waals surface area contributed by atoms with Crippen LogP contribution >= 0.6 is 0 Å². The molecule has 164 valence electrons. The zero-order chi connectivity index (χ0) is 21.8. The summed E-state index contributed by atoms with van der Waals surface area (Å²) in [6.45, 7) is 0. The number of rotatable bonds is 3. The molecule has 0 aliphatic carbocycles. The van der Waals surface area contributed by atoms with Gasteiger partial charge in [0.15, 0.2) is 5.82 Å². The second-order valence-corrected chi connectivity index (χ2v) is 9.27. The first-order chi connectivity index (χ1) is 15.5. The van der Waals surface area contributed by atoms with Gasteiger partial charge in [0.2, 0.25) is 5.91 Å². The third-order valence-electron chi connectivity index (χ3n) is 7.06. The van der Waals surface area contributed by atoms with Gasteiger partial charge in [-0.1, -0.05) is 12.5 Å². The normalized spacial score (nSPS) is 24.6. The Bertz CT molecular complexity index is 1190. The van der Waals surface area contributed by atoms with E-state index in [0.717, 1.165) is 29.5 Å². The molecule has 5 heterocycles. The zero-order valence-electron chi connectivity index (χ0n) is 18.0. The molecule has 0 spiro atoms. The molecule has 3 aromatic rings. The number of fused-ring (bicyclic) bond motifs is 3. The number of anilines is 1. The smallest absolute Gasteiger partial charge is 0.233 e. The molecule has 2 bridgehead atoms. The van der Waals surface area contributed by atoms with Crippen LogP contribution in [0, 0.1) is 0 Å². The molecular weight excluding hydrogens is 404 g/mol. The number of carbonyl (C=O) groups is 1. The lowest BCUT2D eigenvalue weighted by Crippen LogP contribution is -2.55. The second kappa shape index (κ2) is 7.41. The third-order valence-corrected chi connectivity index (χ3v) is 7.06. The summed E-state index contributed by atoms with van der Waals surface area (Å²) < 4.78 is 1.73. The Morgan fingerprint density at radius 1 is 1.09 bits per heavy atom. The van der Waals surface area contributed by atoms with Crippen molar-refractivity contribution in [2.24, 2.45) is 7.05 Å². The Kier molecular flexibility index (Phi) is 4.50. The fourth-order valence-corrected chi connectivity index (χ4v) is 5.58. The fourth-order valence-electron chi connectivity index (χ4n) is 5.58. The van der Waals surface area contributed by atoms with Crippen molar-refractivity contribution in [2.75, 3.05) is 4.90 Å². The molecule has 8 heteroatoms. The highest BCUT2D eigenvalue weighted by Crippen LogP contribution is 2.38. The van der Waals surface area contributed by atoms with Crippen molar-refractivity contribution >= 4 is 11.7 Å². The summed E-state index contributed by atoms with van der Waals surface area (Å²) in [4.78, 5) is 14.8. The number of piperidine rings is 2. The number of phenols is 1. The summed E-state index contributed by atoms with van der Waals surface area (Å²) in [5.41, 5.74) is 3.89. The van der Waals surface area contributed by atoms with Gasteiger partial charge < -0.3 is 10.4 Å². The molecule has 3 aliphatic rings. The van der Waals surface area contributed by atoms with E-state index < -0.39 is 0 Å².